The molecule has 4 nitrogen and oxygen atoms in total. The van der Waals surface area contributed by atoms with Crippen LogP contribution >= 0.6 is 0 Å². The Labute approximate surface area is 105 Å². The van der Waals surface area contributed by atoms with Crippen LogP contribution in [-0.2, 0) is 11.2 Å². The van der Waals surface area contributed by atoms with Crippen molar-refractivity contribution in [1.29, 1.82) is 0 Å². The van der Waals surface area contributed by atoms with Gasteiger partial charge in [-0.3, -0.25) is 4.79 Å². The van der Waals surface area contributed by atoms with Crippen LogP contribution in [0.2, 0.25) is 0 Å². The van der Waals surface area contributed by atoms with Gasteiger partial charge < -0.3 is 9.88 Å². The lowest BCUT2D eigenvalue weighted by atomic mass is 10.0. The summed E-state index contributed by atoms with van der Waals surface area (Å²) in [6.45, 7) is 0. The van der Waals surface area contributed by atoms with Crippen molar-refractivity contribution in [1.82, 2.24) is 9.55 Å². The van der Waals surface area contributed by atoms with Crippen molar-refractivity contribution in [3.8, 4) is 0 Å². The molecule has 0 fully saturated rings. The van der Waals surface area contributed by atoms with Gasteiger partial charge in [0.05, 0.1) is 6.33 Å². The molecule has 0 bridgehead atoms. The van der Waals surface area contributed by atoms with Crippen molar-refractivity contribution in [3.63, 3.8) is 0 Å². The number of aromatic nitrogens is 2. The highest BCUT2D eigenvalue weighted by Gasteiger charge is 2.13. The van der Waals surface area contributed by atoms with Gasteiger partial charge in [0.15, 0.2) is 0 Å². The molecule has 2 heterocycles. The second-order valence-electron chi connectivity index (χ2n) is 4.29. The molecule has 3 rings (SSSR count). The zero-order chi connectivity index (χ0) is 12.4. The second-order valence-corrected chi connectivity index (χ2v) is 4.29. The minimum atomic E-state index is 0.101. The number of hydrogen-bond acceptors (Lipinski definition) is 2. The fourth-order valence-corrected chi connectivity index (χ4v) is 2.04. The molecule has 0 aliphatic carbocycles. The Morgan fingerprint density at radius 3 is 3.11 bits per heavy atom. The number of aryl methyl sites for hydroxylation is 1. The van der Waals surface area contributed by atoms with E-state index in [4.69, 9.17) is 0 Å². The van der Waals surface area contributed by atoms with E-state index in [9.17, 15) is 4.79 Å². The first-order valence-electron chi connectivity index (χ1n) is 5.90. The van der Waals surface area contributed by atoms with Crippen molar-refractivity contribution in [3.05, 3.63) is 48.0 Å². The monoisotopic (exact) mass is 239 g/mol. The minimum absolute atomic E-state index is 0.101. The first kappa shape index (κ1) is 10.8. The quantitative estimate of drug-likeness (QED) is 0.874. The van der Waals surface area contributed by atoms with Gasteiger partial charge in [-0.05, 0) is 35.8 Å². The highest BCUT2D eigenvalue weighted by atomic mass is 16.1. The molecular formula is C14H13N3O. The van der Waals surface area contributed by atoms with Crippen molar-refractivity contribution >= 4 is 23.9 Å². The van der Waals surface area contributed by atoms with Gasteiger partial charge in [-0.25, -0.2) is 4.98 Å². The third-order valence-corrected chi connectivity index (χ3v) is 2.99. The zero-order valence-electron chi connectivity index (χ0n) is 9.84. The molecule has 1 amide bonds. The molecule has 1 aromatic heterocycles. The van der Waals surface area contributed by atoms with Gasteiger partial charge in [-0.1, -0.05) is 6.07 Å². The normalized spacial score (nSPS) is 14.6. The first-order chi connectivity index (χ1) is 8.81. The van der Waals surface area contributed by atoms with Crippen LogP contribution in [0.3, 0.4) is 0 Å². The summed E-state index contributed by atoms with van der Waals surface area (Å²) in [5, 5.41) is 2.88. The van der Waals surface area contributed by atoms with Crippen molar-refractivity contribution in [2.24, 2.45) is 0 Å². The molecule has 0 saturated heterocycles. The van der Waals surface area contributed by atoms with Gasteiger partial charge >= 0.3 is 0 Å². The van der Waals surface area contributed by atoms with Gasteiger partial charge in [-0.15, -0.1) is 0 Å². The Hall–Kier alpha value is -2.36. The standard InChI is InChI=1S/C14H13N3O/c18-14-4-2-12-9-11(1-3-13(12)16-14)5-7-17-8-6-15-10-17/h1,3,5-10H,2,4H2,(H,16,18)/b7-5+. The Kier molecular flexibility index (Phi) is 2.68. The number of imidazole rings is 1. The molecule has 0 atom stereocenters. The fraction of sp³-hybridized carbons (Fsp3) is 0.143. The van der Waals surface area contributed by atoms with Gasteiger partial charge in [0.25, 0.3) is 0 Å². The summed E-state index contributed by atoms with van der Waals surface area (Å²) in [4.78, 5) is 15.2. The largest absolute Gasteiger partial charge is 0.326 e. The highest BCUT2D eigenvalue weighted by Crippen LogP contribution is 2.24. The number of rotatable bonds is 2. The number of benzene rings is 1. The Morgan fingerprint density at radius 2 is 2.28 bits per heavy atom. The van der Waals surface area contributed by atoms with E-state index in [2.05, 4.69) is 16.4 Å². The second kappa shape index (κ2) is 4.49. The molecular weight excluding hydrogens is 226 g/mol. The molecule has 90 valence electrons. The van der Waals surface area contributed by atoms with Crippen LogP contribution in [0, 0.1) is 0 Å². The van der Waals surface area contributed by atoms with Crippen LogP contribution in [0.15, 0.2) is 36.9 Å². The number of nitrogens with zero attached hydrogens (tertiary/aromatic N) is 2. The maximum Gasteiger partial charge on any atom is 0.224 e. The summed E-state index contributed by atoms with van der Waals surface area (Å²) >= 11 is 0. The number of anilines is 1. The lowest BCUT2D eigenvalue weighted by Gasteiger charge is -2.16. The predicted molar refractivity (Wildman–Crippen MR) is 70.8 cm³/mol. The average molecular weight is 239 g/mol. The average Bonchev–Trinajstić information content (AvgIpc) is 2.89. The number of fused-ring (bicyclic) bond motifs is 1. The fourth-order valence-electron chi connectivity index (χ4n) is 2.04. The predicted octanol–water partition coefficient (Wildman–Crippen LogP) is 2.40. The summed E-state index contributed by atoms with van der Waals surface area (Å²) in [7, 11) is 0. The molecule has 1 aliphatic heterocycles. The summed E-state index contributed by atoms with van der Waals surface area (Å²) in [5.41, 5.74) is 3.26. The van der Waals surface area contributed by atoms with Crippen LogP contribution in [0.5, 0.6) is 0 Å². The maximum atomic E-state index is 11.3. The van der Waals surface area contributed by atoms with E-state index in [1.807, 2.05) is 35.2 Å². The van der Waals surface area contributed by atoms with E-state index in [-0.39, 0.29) is 5.91 Å². The summed E-state index contributed by atoms with van der Waals surface area (Å²) in [6, 6.07) is 6.07. The minimum Gasteiger partial charge on any atom is -0.326 e. The summed E-state index contributed by atoms with van der Waals surface area (Å²) in [6.07, 6.45) is 10.7. The Balaban J connectivity index is 1.84. The Bertz CT molecular complexity index is 600. The van der Waals surface area contributed by atoms with Gasteiger partial charge in [0, 0.05) is 30.7 Å². The lowest BCUT2D eigenvalue weighted by Crippen LogP contribution is -2.18. The summed E-state index contributed by atoms with van der Waals surface area (Å²) in [5.74, 6) is 0.101. The van der Waals surface area contributed by atoms with Crippen molar-refractivity contribution in [2.45, 2.75) is 12.8 Å². The van der Waals surface area contributed by atoms with E-state index < -0.39 is 0 Å². The highest BCUT2D eigenvalue weighted by molar-refractivity contribution is 5.94. The summed E-state index contributed by atoms with van der Waals surface area (Å²) < 4.78 is 1.89. The molecule has 0 saturated carbocycles. The van der Waals surface area contributed by atoms with E-state index in [1.165, 1.54) is 5.56 Å². The van der Waals surface area contributed by atoms with Crippen molar-refractivity contribution in [2.75, 3.05) is 5.32 Å². The van der Waals surface area contributed by atoms with Crippen molar-refractivity contribution < 1.29 is 4.79 Å². The molecule has 0 unspecified atom stereocenters. The Morgan fingerprint density at radius 1 is 1.33 bits per heavy atom. The van der Waals surface area contributed by atoms with E-state index in [1.54, 1.807) is 12.5 Å². The third-order valence-electron chi connectivity index (χ3n) is 2.99. The molecule has 0 spiro atoms. The van der Waals surface area contributed by atoms with Crippen LogP contribution in [-0.4, -0.2) is 15.5 Å². The van der Waals surface area contributed by atoms with Crippen LogP contribution < -0.4 is 5.32 Å². The molecule has 1 aliphatic rings. The molecule has 0 radical (unpaired) electrons. The molecule has 1 aromatic carbocycles. The number of amides is 1. The first-order valence-corrected chi connectivity index (χ1v) is 5.90. The lowest BCUT2D eigenvalue weighted by molar-refractivity contribution is -0.116. The molecule has 1 N–H and O–H groups in total. The SMILES string of the molecule is O=C1CCc2cc(/C=C/n3ccnc3)ccc2N1. The number of nitrogens with one attached hydrogen (secondary N) is 1. The topological polar surface area (TPSA) is 46.9 Å². The van der Waals surface area contributed by atoms with Crippen LogP contribution in [0.25, 0.3) is 12.3 Å². The van der Waals surface area contributed by atoms with E-state index in [0.29, 0.717) is 6.42 Å². The number of carbonyl (C=O) groups excluding carboxylic acids is 1. The molecule has 18 heavy (non-hydrogen) atoms. The van der Waals surface area contributed by atoms with Gasteiger partial charge in [0.1, 0.15) is 0 Å². The van der Waals surface area contributed by atoms with Gasteiger partial charge in [-0.2, -0.15) is 0 Å². The maximum absolute atomic E-state index is 11.3. The smallest absolute Gasteiger partial charge is 0.224 e. The van der Waals surface area contributed by atoms with Crippen LogP contribution in [0.1, 0.15) is 17.5 Å². The molecule has 4 heteroatoms. The molecule has 2 aromatic rings. The van der Waals surface area contributed by atoms with Gasteiger partial charge in [0.2, 0.25) is 5.91 Å². The van der Waals surface area contributed by atoms with E-state index in [0.717, 1.165) is 17.7 Å². The number of hydrogen-bond donors (Lipinski definition) is 1. The van der Waals surface area contributed by atoms with E-state index >= 15 is 0 Å². The van der Waals surface area contributed by atoms with Crippen LogP contribution in [0.4, 0.5) is 5.69 Å². The zero-order valence-corrected chi connectivity index (χ0v) is 9.84. The third kappa shape index (κ3) is 2.18. The number of carbonyl (C=O) groups is 1.